The van der Waals surface area contributed by atoms with Gasteiger partial charge in [-0.05, 0) is 61.3 Å². The molecule has 1 fully saturated rings. The van der Waals surface area contributed by atoms with Crippen LogP contribution in [0.4, 0.5) is 4.39 Å². The van der Waals surface area contributed by atoms with E-state index in [9.17, 15) is 4.39 Å². The number of unbranched alkanes of at least 4 members (excludes halogenated alkanes) is 5. The van der Waals surface area contributed by atoms with Crippen LogP contribution in [0.25, 0.3) is 11.4 Å². The lowest BCUT2D eigenvalue weighted by Gasteiger charge is -2.28. The quantitative estimate of drug-likeness (QED) is 0.424. The molecule has 0 spiro atoms. The number of benzene rings is 1. The maximum atomic E-state index is 13.8. The van der Waals surface area contributed by atoms with E-state index in [-0.39, 0.29) is 5.56 Å². The van der Waals surface area contributed by atoms with Gasteiger partial charge in [0, 0.05) is 18.0 Å². The third-order valence-corrected chi connectivity index (χ3v) is 6.30. The number of nitrogens with zero attached hydrogens (tertiary/aromatic N) is 3. The van der Waals surface area contributed by atoms with E-state index in [4.69, 9.17) is 5.26 Å². The molecule has 0 aliphatic heterocycles. The number of hydrogen-bond donors (Lipinski definition) is 0. The van der Waals surface area contributed by atoms with Gasteiger partial charge < -0.3 is 0 Å². The summed E-state index contributed by atoms with van der Waals surface area (Å²) in [4.78, 5) is 8.93. The largest absolute Gasteiger partial charge is 0.236 e. The summed E-state index contributed by atoms with van der Waals surface area (Å²) in [5, 5.41) is 8.85. The van der Waals surface area contributed by atoms with Crippen molar-refractivity contribution in [1.29, 1.82) is 5.26 Å². The highest BCUT2D eigenvalue weighted by Gasteiger charge is 2.22. The average Bonchev–Trinajstić information content (AvgIpc) is 2.77. The van der Waals surface area contributed by atoms with Crippen LogP contribution in [0.5, 0.6) is 0 Å². The Labute approximate surface area is 174 Å². The molecule has 1 aliphatic carbocycles. The Morgan fingerprint density at radius 3 is 2.34 bits per heavy atom. The third kappa shape index (κ3) is 6.10. The molecule has 3 rings (SSSR count). The van der Waals surface area contributed by atoms with E-state index in [2.05, 4.69) is 16.9 Å². The number of hydrogen-bond acceptors (Lipinski definition) is 3. The Kier molecular flexibility index (Phi) is 8.16. The Bertz CT molecular complexity index is 802. The van der Waals surface area contributed by atoms with Gasteiger partial charge >= 0.3 is 0 Å². The lowest BCUT2D eigenvalue weighted by atomic mass is 9.77. The van der Waals surface area contributed by atoms with Gasteiger partial charge in [-0.25, -0.2) is 14.4 Å². The van der Waals surface area contributed by atoms with E-state index in [1.165, 1.54) is 88.3 Å². The van der Waals surface area contributed by atoms with Crippen molar-refractivity contribution in [3.8, 4) is 17.5 Å². The standard InChI is InChI=1S/C25H32FN3/c1-2-3-4-5-6-7-8-19-9-11-20(12-10-19)23-17-28-25(29-18-23)21-13-14-22(16-27)24(26)15-21/h13-15,17-20H,2-12H2,1H3/t19-,20-. The van der Waals surface area contributed by atoms with Crippen molar-refractivity contribution in [3.05, 3.63) is 47.5 Å². The van der Waals surface area contributed by atoms with Crippen molar-refractivity contribution in [1.82, 2.24) is 9.97 Å². The molecule has 4 heteroatoms. The Balaban J connectivity index is 1.47. The van der Waals surface area contributed by atoms with Crippen molar-refractivity contribution in [3.63, 3.8) is 0 Å². The van der Waals surface area contributed by atoms with Gasteiger partial charge in [-0.2, -0.15) is 5.26 Å². The van der Waals surface area contributed by atoms with Crippen LogP contribution >= 0.6 is 0 Å². The minimum atomic E-state index is -0.527. The summed E-state index contributed by atoms with van der Waals surface area (Å²) in [5.74, 6) is 1.41. The molecule has 0 radical (unpaired) electrons. The molecule has 1 aromatic heterocycles. The molecule has 154 valence electrons. The summed E-state index contributed by atoms with van der Waals surface area (Å²) in [5.41, 5.74) is 1.85. The van der Waals surface area contributed by atoms with Crippen LogP contribution in [0, 0.1) is 23.1 Å². The number of halogens is 1. The number of nitriles is 1. The monoisotopic (exact) mass is 393 g/mol. The molecule has 3 nitrogen and oxygen atoms in total. The predicted molar refractivity (Wildman–Crippen MR) is 115 cm³/mol. The zero-order chi connectivity index (χ0) is 20.5. The van der Waals surface area contributed by atoms with Crippen LogP contribution in [0.2, 0.25) is 0 Å². The van der Waals surface area contributed by atoms with Gasteiger partial charge in [0.1, 0.15) is 11.9 Å². The molecule has 1 aliphatic rings. The van der Waals surface area contributed by atoms with E-state index in [0.29, 0.717) is 17.3 Å². The second-order valence-electron chi connectivity index (χ2n) is 8.42. The van der Waals surface area contributed by atoms with Crippen molar-refractivity contribution >= 4 is 0 Å². The zero-order valence-electron chi connectivity index (χ0n) is 17.5. The van der Waals surface area contributed by atoms with Crippen LogP contribution in [-0.2, 0) is 0 Å². The molecule has 0 amide bonds. The van der Waals surface area contributed by atoms with Gasteiger partial charge in [-0.3, -0.25) is 0 Å². The predicted octanol–water partition coefficient (Wildman–Crippen LogP) is 7.18. The van der Waals surface area contributed by atoms with Gasteiger partial charge in [0.2, 0.25) is 0 Å². The van der Waals surface area contributed by atoms with E-state index >= 15 is 0 Å². The smallest absolute Gasteiger partial charge is 0.159 e. The van der Waals surface area contributed by atoms with Crippen LogP contribution in [0.3, 0.4) is 0 Å². The fourth-order valence-corrected chi connectivity index (χ4v) is 4.44. The summed E-state index contributed by atoms with van der Waals surface area (Å²) in [7, 11) is 0. The maximum absolute atomic E-state index is 13.8. The fraction of sp³-hybridized carbons (Fsp3) is 0.560. The second kappa shape index (κ2) is 11.0. The minimum Gasteiger partial charge on any atom is -0.236 e. The van der Waals surface area contributed by atoms with E-state index in [0.717, 1.165) is 5.92 Å². The van der Waals surface area contributed by atoms with Crippen LogP contribution < -0.4 is 0 Å². The highest BCUT2D eigenvalue weighted by atomic mass is 19.1. The van der Waals surface area contributed by atoms with E-state index in [1.54, 1.807) is 6.07 Å². The molecule has 0 N–H and O–H groups in total. The Hall–Kier alpha value is -2.28. The molecule has 2 aromatic rings. The molecule has 0 bridgehead atoms. The summed E-state index contributed by atoms with van der Waals surface area (Å²) < 4.78 is 13.8. The maximum Gasteiger partial charge on any atom is 0.159 e. The van der Waals surface area contributed by atoms with Crippen molar-refractivity contribution in [2.24, 2.45) is 5.92 Å². The zero-order valence-corrected chi connectivity index (χ0v) is 17.5. The lowest BCUT2D eigenvalue weighted by Crippen LogP contribution is -2.14. The summed E-state index contributed by atoms with van der Waals surface area (Å²) in [6.45, 7) is 2.27. The molecule has 0 saturated heterocycles. The third-order valence-electron chi connectivity index (χ3n) is 6.30. The lowest BCUT2D eigenvalue weighted by molar-refractivity contribution is 0.301. The number of aromatic nitrogens is 2. The van der Waals surface area contributed by atoms with E-state index in [1.807, 2.05) is 18.5 Å². The first-order valence-corrected chi connectivity index (χ1v) is 11.2. The van der Waals surface area contributed by atoms with Crippen LogP contribution in [0.15, 0.2) is 30.6 Å². The SMILES string of the molecule is CCCCCCCC[C@H]1CC[C@H](c2cnc(-c3ccc(C#N)c(F)c3)nc2)CC1. The van der Waals surface area contributed by atoms with Gasteiger partial charge in [0.25, 0.3) is 0 Å². The van der Waals surface area contributed by atoms with E-state index < -0.39 is 5.82 Å². The molecule has 29 heavy (non-hydrogen) atoms. The van der Waals surface area contributed by atoms with Crippen molar-refractivity contribution in [2.45, 2.75) is 83.5 Å². The fourth-order valence-electron chi connectivity index (χ4n) is 4.44. The van der Waals surface area contributed by atoms with Crippen molar-refractivity contribution < 1.29 is 4.39 Å². The Morgan fingerprint density at radius 1 is 1.00 bits per heavy atom. The summed E-state index contributed by atoms with van der Waals surface area (Å²) in [6, 6.07) is 6.35. The summed E-state index contributed by atoms with van der Waals surface area (Å²) >= 11 is 0. The first-order valence-electron chi connectivity index (χ1n) is 11.2. The molecule has 0 atom stereocenters. The summed E-state index contributed by atoms with van der Waals surface area (Å²) in [6.07, 6.45) is 18.5. The first kappa shape index (κ1) is 21.4. The van der Waals surface area contributed by atoms with Gasteiger partial charge in [0.15, 0.2) is 5.82 Å². The second-order valence-corrected chi connectivity index (χ2v) is 8.42. The Morgan fingerprint density at radius 2 is 1.69 bits per heavy atom. The molecule has 1 saturated carbocycles. The average molecular weight is 394 g/mol. The molecule has 1 heterocycles. The molecular formula is C25H32FN3. The van der Waals surface area contributed by atoms with Gasteiger partial charge in [-0.15, -0.1) is 0 Å². The van der Waals surface area contributed by atoms with Crippen LogP contribution in [-0.4, -0.2) is 9.97 Å². The normalized spacial score (nSPS) is 19.1. The van der Waals surface area contributed by atoms with Crippen LogP contribution in [0.1, 0.15) is 94.6 Å². The topological polar surface area (TPSA) is 49.6 Å². The van der Waals surface area contributed by atoms with Gasteiger partial charge in [0.05, 0.1) is 5.56 Å². The first-order chi connectivity index (χ1) is 14.2. The highest BCUT2D eigenvalue weighted by Crippen LogP contribution is 2.37. The number of rotatable bonds is 9. The molecular weight excluding hydrogens is 361 g/mol. The molecule has 0 unspecified atom stereocenters. The highest BCUT2D eigenvalue weighted by molar-refractivity contribution is 5.56. The van der Waals surface area contributed by atoms with Crippen molar-refractivity contribution in [2.75, 3.05) is 0 Å². The molecule has 1 aromatic carbocycles. The minimum absolute atomic E-state index is 0.0445. The van der Waals surface area contributed by atoms with Gasteiger partial charge in [-0.1, -0.05) is 51.9 Å².